The zero-order valence-corrected chi connectivity index (χ0v) is 13.5. The van der Waals surface area contributed by atoms with Gasteiger partial charge in [0.1, 0.15) is 0 Å². The van der Waals surface area contributed by atoms with Crippen molar-refractivity contribution in [3.05, 3.63) is 47.5 Å². The molecule has 108 valence electrons. The van der Waals surface area contributed by atoms with Gasteiger partial charge in [0.15, 0.2) is 5.58 Å². The zero-order valence-electron chi connectivity index (χ0n) is 12.6. The van der Waals surface area contributed by atoms with Crippen LogP contribution in [0.1, 0.15) is 37.8 Å². The smallest absolute Gasteiger partial charge is 0.250 e. The van der Waals surface area contributed by atoms with Gasteiger partial charge in [-0.25, -0.2) is 4.20 Å². The van der Waals surface area contributed by atoms with Gasteiger partial charge in [0, 0.05) is 16.3 Å². The molecule has 0 bridgehead atoms. The monoisotopic (exact) mass is 299 g/mol. The molecule has 0 saturated carbocycles. The van der Waals surface area contributed by atoms with E-state index in [-0.39, 0.29) is 0 Å². The first-order chi connectivity index (χ1) is 10.2. The fourth-order valence-corrected chi connectivity index (χ4v) is 4.20. The molecule has 1 atom stereocenters. The SMILES string of the molecule is CCCc1cc(CCC)c2c(c1)c1ccccc1o[p+]2=O. The lowest BCUT2D eigenvalue weighted by molar-refractivity contribution is 0.563. The van der Waals surface area contributed by atoms with Gasteiger partial charge in [0.05, 0.1) is 0 Å². The second-order valence-electron chi connectivity index (χ2n) is 5.50. The summed E-state index contributed by atoms with van der Waals surface area (Å²) < 4.78 is 18.2. The highest BCUT2D eigenvalue weighted by atomic mass is 31.1. The second-order valence-corrected chi connectivity index (χ2v) is 6.64. The van der Waals surface area contributed by atoms with E-state index in [2.05, 4.69) is 32.0 Å². The summed E-state index contributed by atoms with van der Waals surface area (Å²) in [5.74, 6) is 0. The minimum atomic E-state index is -1.80. The summed E-state index contributed by atoms with van der Waals surface area (Å²) >= 11 is 0. The van der Waals surface area contributed by atoms with Crippen LogP contribution in [-0.2, 0) is 17.4 Å². The van der Waals surface area contributed by atoms with Gasteiger partial charge in [0.2, 0.25) is 5.12 Å². The Bertz CT molecular complexity index is 849. The first-order valence-electron chi connectivity index (χ1n) is 7.65. The molecule has 1 unspecified atom stereocenters. The van der Waals surface area contributed by atoms with E-state index >= 15 is 0 Å². The summed E-state index contributed by atoms with van der Waals surface area (Å²) in [6.45, 7) is 4.35. The zero-order chi connectivity index (χ0) is 14.8. The highest BCUT2D eigenvalue weighted by Gasteiger charge is 2.21. The number of para-hydroxylation sites is 1. The van der Waals surface area contributed by atoms with Crippen LogP contribution in [0.4, 0.5) is 0 Å². The van der Waals surface area contributed by atoms with Crippen molar-refractivity contribution in [3.8, 4) is 0 Å². The number of rotatable bonds is 4. The fourth-order valence-electron chi connectivity index (χ4n) is 2.98. The van der Waals surface area contributed by atoms with Crippen LogP contribution >= 0.6 is 7.65 Å². The molecule has 0 fully saturated rings. The van der Waals surface area contributed by atoms with Gasteiger partial charge < -0.3 is 0 Å². The lowest BCUT2D eigenvalue weighted by atomic mass is 9.99. The molecular weight excluding hydrogens is 279 g/mol. The van der Waals surface area contributed by atoms with Crippen LogP contribution in [-0.4, -0.2) is 0 Å². The fraction of sp³-hybridized carbons (Fsp3) is 0.333. The maximum Gasteiger partial charge on any atom is 0.598 e. The molecule has 0 radical (unpaired) electrons. The number of aryl methyl sites for hydroxylation is 2. The molecule has 1 heterocycles. The van der Waals surface area contributed by atoms with E-state index in [4.69, 9.17) is 4.20 Å². The quantitative estimate of drug-likeness (QED) is 0.534. The van der Waals surface area contributed by atoms with E-state index in [1.54, 1.807) is 0 Å². The number of fused-ring (bicyclic) bond motifs is 3. The van der Waals surface area contributed by atoms with Gasteiger partial charge in [-0.3, -0.25) is 0 Å². The highest BCUT2D eigenvalue weighted by molar-refractivity contribution is 7.37. The molecule has 2 nitrogen and oxygen atoms in total. The van der Waals surface area contributed by atoms with Gasteiger partial charge >= 0.3 is 7.65 Å². The molecule has 0 aliphatic heterocycles. The topological polar surface area (TPSA) is 30.2 Å². The summed E-state index contributed by atoms with van der Waals surface area (Å²) in [7, 11) is -1.80. The van der Waals surface area contributed by atoms with E-state index in [0.717, 1.165) is 47.2 Å². The molecule has 0 spiro atoms. The van der Waals surface area contributed by atoms with Crippen molar-refractivity contribution in [2.24, 2.45) is 0 Å². The molecule has 0 aliphatic carbocycles. The Morgan fingerprint density at radius 2 is 1.76 bits per heavy atom. The van der Waals surface area contributed by atoms with Crippen molar-refractivity contribution >= 4 is 29.1 Å². The highest BCUT2D eigenvalue weighted by Crippen LogP contribution is 2.38. The summed E-state index contributed by atoms with van der Waals surface area (Å²) in [4.78, 5) is 0. The van der Waals surface area contributed by atoms with Crippen LogP contribution in [0.15, 0.2) is 40.6 Å². The van der Waals surface area contributed by atoms with Crippen LogP contribution in [0, 0.1) is 0 Å². The minimum absolute atomic E-state index is 0.738. The first kappa shape index (κ1) is 14.3. The molecule has 3 rings (SSSR count). The van der Waals surface area contributed by atoms with Crippen molar-refractivity contribution in [2.75, 3.05) is 0 Å². The van der Waals surface area contributed by atoms with E-state index in [1.165, 1.54) is 11.1 Å². The predicted octanol–water partition coefficient (Wildman–Crippen LogP) is 6.23. The third kappa shape index (κ3) is 2.61. The van der Waals surface area contributed by atoms with Crippen molar-refractivity contribution in [1.29, 1.82) is 0 Å². The Morgan fingerprint density at radius 1 is 1.00 bits per heavy atom. The molecule has 0 saturated heterocycles. The Hall–Kier alpha value is -1.66. The van der Waals surface area contributed by atoms with Crippen LogP contribution < -0.4 is 0 Å². The van der Waals surface area contributed by atoms with E-state index in [0.29, 0.717) is 0 Å². The molecule has 21 heavy (non-hydrogen) atoms. The average molecular weight is 299 g/mol. The maximum absolute atomic E-state index is 12.5. The molecule has 0 amide bonds. The Labute approximate surface area is 125 Å². The summed E-state index contributed by atoms with van der Waals surface area (Å²) in [5, 5.41) is 3.08. The molecule has 0 aliphatic rings. The van der Waals surface area contributed by atoms with Gasteiger partial charge in [-0.1, -0.05) is 51.0 Å². The van der Waals surface area contributed by atoms with Gasteiger partial charge in [-0.2, -0.15) is 0 Å². The van der Waals surface area contributed by atoms with Gasteiger partial charge in [-0.05, 0) is 35.1 Å². The maximum atomic E-state index is 12.5. The van der Waals surface area contributed by atoms with E-state index in [1.807, 2.05) is 18.2 Å². The van der Waals surface area contributed by atoms with Crippen LogP contribution in [0.2, 0.25) is 0 Å². The van der Waals surface area contributed by atoms with Gasteiger partial charge in [0.25, 0.3) is 0 Å². The second kappa shape index (κ2) is 5.99. The van der Waals surface area contributed by atoms with Crippen LogP contribution in [0.25, 0.3) is 21.5 Å². The molecule has 0 N–H and O–H groups in total. The lowest BCUT2D eigenvalue weighted by Crippen LogP contribution is -1.91. The number of hydrogen-bond acceptors (Lipinski definition) is 2. The summed E-state index contributed by atoms with van der Waals surface area (Å²) in [6, 6.07) is 12.3. The standard InChI is InChI=1S/C18H20O2P/c1-3-7-13-11-14(8-4-2)18-16(12-13)15-9-5-6-10-17(15)20-21(18)19/h5-6,9-12H,3-4,7-8H2,1-2H3/q+1. The lowest BCUT2D eigenvalue weighted by Gasteiger charge is -2.06. The van der Waals surface area contributed by atoms with E-state index < -0.39 is 7.65 Å². The molecule has 1 aromatic heterocycles. The normalized spacial score (nSPS) is 12.2. The van der Waals surface area contributed by atoms with Crippen molar-refractivity contribution in [1.82, 2.24) is 0 Å². The van der Waals surface area contributed by atoms with Gasteiger partial charge in [-0.15, -0.1) is 0 Å². The Balaban J connectivity index is 2.44. The molecule has 2 aromatic carbocycles. The third-order valence-electron chi connectivity index (χ3n) is 3.85. The predicted molar refractivity (Wildman–Crippen MR) is 89.3 cm³/mol. The van der Waals surface area contributed by atoms with Crippen molar-refractivity contribution in [3.63, 3.8) is 0 Å². The molecule has 3 heteroatoms. The van der Waals surface area contributed by atoms with Crippen molar-refractivity contribution < 1.29 is 8.76 Å². The Morgan fingerprint density at radius 3 is 2.52 bits per heavy atom. The minimum Gasteiger partial charge on any atom is -0.250 e. The number of benzene rings is 2. The van der Waals surface area contributed by atoms with Crippen LogP contribution in [0.5, 0.6) is 0 Å². The third-order valence-corrected chi connectivity index (χ3v) is 5.10. The molecular formula is C18H20O2P+. The van der Waals surface area contributed by atoms with Crippen molar-refractivity contribution in [2.45, 2.75) is 39.5 Å². The van der Waals surface area contributed by atoms with E-state index in [9.17, 15) is 4.57 Å². The average Bonchev–Trinajstić information content (AvgIpc) is 2.48. The Kier molecular flexibility index (Phi) is 4.07. The first-order valence-corrected chi connectivity index (χ1v) is 8.82. The number of hydrogen-bond donors (Lipinski definition) is 0. The summed E-state index contributed by atoms with van der Waals surface area (Å²) in [6.07, 6.45) is 4.18. The molecule has 3 aromatic rings. The van der Waals surface area contributed by atoms with Crippen LogP contribution in [0.3, 0.4) is 0 Å². The largest absolute Gasteiger partial charge is 0.598 e. The summed E-state index contributed by atoms with van der Waals surface area (Å²) in [5.41, 5.74) is 3.26.